The zero-order valence-corrected chi connectivity index (χ0v) is 12.3. The molecule has 0 bridgehead atoms. The van der Waals surface area contributed by atoms with E-state index in [4.69, 9.17) is 5.11 Å². The third-order valence-corrected chi connectivity index (χ3v) is 3.26. The summed E-state index contributed by atoms with van der Waals surface area (Å²) in [6, 6.07) is 8.74. The number of carboxylic acid groups (broad SMARTS) is 1. The largest absolute Gasteiger partial charge is 0.478 e. The fourth-order valence-electron chi connectivity index (χ4n) is 1.85. The van der Waals surface area contributed by atoms with Crippen LogP contribution in [0.15, 0.2) is 41.0 Å². The molecule has 0 fully saturated rings. The Bertz CT molecular complexity index is 649. The van der Waals surface area contributed by atoms with Gasteiger partial charge in [-0.3, -0.25) is 0 Å². The van der Waals surface area contributed by atoms with Gasteiger partial charge in [0, 0.05) is 24.3 Å². The van der Waals surface area contributed by atoms with Gasteiger partial charge in [-0.1, -0.05) is 28.1 Å². The van der Waals surface area contributed by atoms with Gasteiger partial charge in [-0.05, 0) is 23.8 Å². The Kier molecular flexibility index (Phi) is 4.34. The highest BCUT2D eigenvalue weighted by Crippen LogP contribution is 2.21. The molecular formula is C14H12BrFN2O2. The van der Waals surface area contributed by atoms with E-state index >= 15 is 0 Å². The number of benzene rings is 1. The number of aromatic nitrogens is 1. The van der Waals surface area contributed by atoms with Crippen LogP contribution in [0.5, 0.6) is 0 Å². The minimum absolute atomic E-state index is 0.0184. The Morgan fingerprint density at radius 2 is 2.20 bits per heavy atom. The quantitative estimate of drug-likeness (QED) is 0.929. The smallest absolute Gasteiger partial charge is 0.338 e. The second kappa shape index (κ2) is 6.00. The predicted octanol–water partition coefficient (Wildman–Crippen LogP) is 3.32. The number of anilines is 1. The van der Waals surface area contributed by atoms with Gasteiger partial charge in [0.15, 0.2) is 11.6 Å². The molecule has 0 aliphatic heterocycles. The molecule has 1 aromatic carbocycles. The molecule has 2 rings (SSSR count). The van der Waals surface area contributed by atoms with Crippen LogP contribution in [0.25, 0.3) is 0 Å². The van der Waals surface area contributed by atoms with Gasteiger partial charge in [0.25, 0.3) is 0 Å². The Morgan fingerprint density at radius 3 is 2.85 bits per heavy atom. The van der Waals surface area contributed by atoms with Crippen LogP contribution < -0.4 is 4.90 Å². The first-order chi connectivity index (χ1) is 9.49. The van der Waals surface area contributed by atoms with Gasteiger partial charge in [0.05, 0.1) is 0 Å². The highest BCUT2D eigenvalue weighted by molar-refractivity contribution is 9.10. The normalized spacial score (nSPS) is 10.3. The van der Waals surface area contributed by atoms with Gasteiger partial charge in [-0.15, -0.1) is 0 Å². The van der Waals surface area contributed by atoms with Crippen molar-refractivity contribution in [2.75, 3.05) is 11.9 Å². The summed E-state index contributed by atoms with van der Waals surface area (Å²) in [6.45, 7) is 0.423. The van der Waals surface area contributed by atoms with Crippen LogP contribution in [0.2, 0.25) is 0 Å². The van der Waals surface area contributed by atoms with E-state index in [0.29, 0.717) is 6.54 Å². The van der Waals surface area contributed by atoms with Crippen molar-refractivity contribution in [2.24, 2.45) is 0 Å². The molecule has 6 heteroatoms. The van der Waals surface area contributed by atoms with Crippen LogP contribution in [0.1, 0.15) is 15.9 Å². The van der Waals surface area contributed by atoms with E-state index in [9.17, 15) is 9.18 Å². The van der Waals surface area contributed by atoms with Crippen molar-refractivity contribution in [3.8, 4) is 0 Å². The average molecular weight is 339 g/mol. The van der Waals surface area contributed by atoms with E-state index in [2.05, 4.69) is 20.9 Å². The number of pyridine rings is 1. The van der Waals surface area contributed by atoms with Crippen molar-refractivity contribution >= 4 is 27.7 Å². The van der Waals surface area contributed by atoms with Crippen molar-refractivity contribution < 1.29 is 14.3 Å². The molecule has 0 unspecified atom stereocenters. The van der Waals surface area contributed by atoms with Gasteiger partial charge in [-0.25, -0.2) is 14.2 Å². The molecule has 0 spiro atoms. The molecule has 4 nitrogen and oxygen atoms in total. The van der Waals surface area contributed by atoms with E-state index in [-0.39, 0.29) is 11.4 Å². The van der Waals surface area contributed by atoms with Gasteiger partial charge in [0.1, 0.15) is 5.56 Å². The Hall–Kier alpha value is -1.95. The van der Waals surface area contributed by atoms with Crippen LogP contribution in [-0.2, 0) is 6.54 Å². The standard InChI is InChI=1S/C14H12BrFN2O2/c1-18(8-9-3-2-4-10(15)7-9)13-12(16)11(14(19)20)5-6-17-13/h2-7H,8H2,1H3,(H,19,20). The average Bonchev–Trinajstić information content (AvgIpc) is 2.38. The van der Waals surface area contributed by atoms with E-state index in [1.54, 1.807) is 11.9 Å². The van der Waals surface area contributed by atoms with Crippen molar-refractivity contribution in [3.05, 3.63) is 57.9 Å². The van der Waals surface area contributed by atoms with Crippen molar-refractivity contribution in [1.82, 2.24) is 4.98 Å². The molecule has 0 saturated carbocycles. The van der Waals surface area contributed by atoms with E-state index in [1.807, 2.05) is 24.3 Å². The third-order valence-electron chi connectivity index (χ3n) is 2.77. The summed E-state index contributed by atoms with van der Waals surface area (Å²) in [7, 11) is 1.66. The maximum atomic E-state index is 14.1. The third kappa shape index (κ3) is 3.14. The minimum Gasteiger partial charge on any atom is -0.478 e. The Morgan fingerprint density at radius 1 is 1.45 bits per heavy atom. The van der Waals surface area contributed by atoms with Gasteiger partial charge < -0.3 is 10.0 Å². The van der Waals surface area contributed by atoms with Gasteiger partial charge in [-0.2, -0.15) is 0 Å². The number of nitrogens with zero attached hydrogens (tertiary/aromatic N) is 2. The molecule has 1 heterocycles. The second-order valence-corrected chi connectivity index (χ2v) is 5.20. The summed E-state index contributed by atoms with van der Waals surface area (Å²) < 4.78 is 15.0. The lowest BCUT2D eigenvalue weighted by Gasteiger charge is -2.19. The van der Waals surface area contributed by atoms with E-state index in [1.165, 1.54) is 6.20 Å². The molecule has 20 heavy (non-hydrogen) atoms. The van der Waals surface area contributed by atoms with Gasteiger partial charge in [0.2, 0.25) is 0 Å². The molecule has 0 radical (unpaired) electrons. The molecule has 1 N–H and O–H groups in total. The lowest BCUT2D eigenvalue weighted by molar-refractivity contribution is 0.0692. The number of hydrogen-bond acceptors (Lipinski definition) is 3. The van der Waals surface area contributed by atoms with Crippen molar-refractivity contribution in [3.63, 3.8) is 0 Å². The summed E-state index contributed by atoms with van der Waals surface area (Å²) in [6.07, 6.45) is 1.29. The highest BCUT2D eigenvalue weighted by atomic mass is 79.9. The van der Waals surface area contributed by atoms with E-state index in [0.717, 1.165) is 16.1 Å². The first-order valence-electron chi connectivity index (χ1n) is 5.82. The molecule has 0 amide bonds. The SMILES string of the molecule is CN(Cc1cccc(Br)c1)c1nccc(C(=O)O)c1F. The van der Waals surface area contributed by atoms with E-state index < -0.39 is 11.8 Å². The molecule has 0 atom stereocenters. The van der Waals surface area contributed by atoms with Crippen molar-refractivity contribution in [2.45, 2.75) is 6.54 Å². The zero-order valence-electron chi connectivity index (χ0n) is 10.7. The van der Waals surface area contributed by atoms with Crippen LogP contribution in [-0.4, -0.2) is 23.1 Å². The first kappa shape index (κ1) is 14.5. The summed E-state index contributed by atoms with van der Waals surface area (Å²) in [5, 5.41) is 8.91. The molecule has 1 aromatic heterocycles. The maximum absolute atomic E-state index is 14.1. The highest BCUT2D eigenvalue weighted by Gasteiger charge is 2.17. The number of carboxylic acids is 1. The molecule has 0 saturated heterocycles. The first-order valence-corrected chi connectivity index (χ1v) is 6.61. The zero-order chi connectivity index (χ0) is 14.7. The maximum Gasteiger partial charge on any atom is 0.338 e. The molecule has 104 valence electrons. The van der Waals surface area contributed by atoms with Crippen LogP contribution in [0.4, 0.5) is 10.2 Å². The fraction of sp³-hybridized carbons (Fsp3) is 0.143. The number of halogens is 2. The lowest BCUT2D eigenvalue weighted by atomic mass is 10.2. The number of carbonyl (C=O) groups is 1. The lowest BCUT2D eigenvalue weighted by Crippen LogP contribution is -2.20. The second-order valence-electron chi connectivity index (χ2n) is 4.29. The van der Waals surface area contributed by atoms with Crippen molar-refractivity contribution in [1.29, 1.82) is 0 Å². The number of rotatable bonds is 4. The van der Waals surface area contributed by atoms with Gasteiger partial charge >= 0.3 is 5.97 Å². The summed E-state index contributed by atoms with van der Waals surface area (Å²) >= 11 is 3.37. The predicted molar refractivity (Wildman–Crippen MR) is 77.4 cm³/mol. The number of hydrogen-bond donors (Lipinski definition) is 1. The van der Waals surface area contributed by atoms with Crippen LogP contribution >= 0.6 is 15.9 Å². The van der Waals surface area contributed by atoms with Crippen LogP contribution in [0.3, 0.4) is 0 Å². The Balaban J connectivity index is 2.28. The monoisotopic (exact) mass is 338 g/mol. The summed E-state index contributed by atoms with van der Waals surface area (Å²) in [5.41, 5.74) is 0.583. The molecule has 0 aliphatic rings. The van der Waals surface area contributed by atoms with Crippen LogP contribution in [0, 0.1) is 5.82 Å². The fourth-order valence-corrected chi connectivity index (χ4v) is 2.29. The molecular weight excluding hydrogens is 327 g/mol. The minimum atomic E-state index is -1.30. The summed E-state index contributed by atoms with van der Waals surface area (Å²) in [5.74, 6) is -2.11. The Labute approximate surface area is 124 Å². The topological polar surface area (TPSA) is 53.4 Å². The summed E-state index contributed by atoms with van der Waals surface area (Å²) in [4.78, 5) is 16.4. The molecule has 0 aliphatic carbocycles. The number of aromatic carboxylic acids is 1. The molecule has 2 aromatic rings.